The lowest BCUT2D eigenvalue weighted by Gasteiger charge is -2.21. The Morgan fingerprint density at radius 2 is 1.10 bits per heavy atom. The van der Waals surface area contributed by atoms with E-state index in [0.717, 1.165) is 0 Å². The molecule has 0 heteroatoms. The van der Waals surface area contributed by atoms with Crippen molar-refractivity contribution in [2.24, 2.45) is 0 Å². The van der Waals surface area contributed by atoms with Gasteiger partial charge in [-0.25, -0.2) is 0 Å². The Labute approximate surface area is 178 Å². The molecule has 0 unspecified atom stereocenters. The van der Waals surface area contributed by atoms with Gasteiger partial charge in [0, 0.05) is 0 Å². The minimum Gasteiger partial charge on any atom is -0.0616 e. The number of rotatable bonds is 2. The van der Waals surface area contributed by atoms with E-state index >= 15 is 0 Å². The van der Waals surface area contributed by atoms with Crippen LogP contribution in [0.3, 0.4) is 0 Å². The van der Waals surface area contributed by atoms with Crippen LogP contribution in [0, 0.1) is 27.7 Å². The molecule has 0 aromatic heterocycles. The lowest BCUT2D eigenvalue weighted by Crippen LogP contribution is -1.97. The molecule has 5 aromatic carbocycles. The Morgan fingerprint density at radius 3 is 1.87 bits per heavy atom. The predicted octanol–water partition coefficient (Wildman–Crippen LogP) is 8.56. The second kappa shape index (κ2) is 7.15. The van der Waals surface area contributed by atoms with Crippen molar-refractivity contribution in [2.45, 2.75) is 27.7 Å². The highest BCUT2D eigenvalue weighted by atomic mass is 14.2. The van der Waals surface area contributed by atoms with E-state index in [4.69, 9.17) is 0 Å². The zero-order chi connectivity index (χ0) is 20.8. The van der Waals surface area contributed by atoms with Crippen molar-refractivity contribution in [3.63, 3.8) is 0 Å². The smallest absolute Gasteiger partial charge is 0.00703 e. The maximum absolute atomic E-state index is 2.33. The van der Waals surface area contributed by atoms with Crippen molar-refractivity contribution >= 4 is 21.5 Å². The molecule has 0 N–H and O–H groups in total. The number of aryl methyl sites for hydroxylation is 1. The monoisotopic (exact) mass is 386 g/mol. The number of fused-ring (bicyclic) bond motifs is 2. The minimum atomic E-state index is 1.28. The Kier molecular flexibility index (Phi) is 4.44. The van der Waals surface area contributed by atoms with E-state index in [-0.39, 0.29) is 0 Å². The summed E-state index contributed by atoms with van der Waals surface area (Å²) in [4.78, 5) is 0. The molecule has 0 aliphatic heterocycles. The first-order valence-corrected chi connectivity index (χ1v) is 10.6. The van der Waals surface area contributed by atoms with Gasteiger partial charge in [0.2, 0.25) is 0 Å². The highest BCUT2D eigenvalue weighted by Gasteiger charge is 2.18. The Hall–Kier alpha value is -3.38. The molecule has 0 atom stereocenters. The zero-order valence-corrected chi connectivity index (χ0v) is 18.1. The molecule has 146 valence electrons. The van der Waals surface area contributed by atoms with Crippen molar-refractivity contribution in [3.8, 4) is 22.3 Å². The highest BCUT2D eigenvalue weighted by Crippen LogP contribution is 2.43. The van der Waals surface area contributed by atoms with Crippen molar-refractivity contribution < 1.29 is 0 Å². The molecule has 0 saturated carbocycles. The Balaban J connectivity index is 1.87. The number of hydrogen-bond acceptors (Lipinski definition) is 0. The summed E-state index contributed by atoms with van der Waals surface area (Å²) >= 11 is 0. The van der Waals surface area contributed by atoms with E-state index in [1.54, 1.807) is 0 Å². The summed E-state index contributed by atoms with van der Waals surface area (Å²) in [6.07, 6.45) is 0. The molecule has 0 heterocycles. The molecule has 0 aliphatic carbocycles. The maximum Gasteiger partial charge on any atom is -0.00703 e. The van der Waals surface area contributed by atoms with Gasteiger partial charge < -0.3 is 0 Å². The van der Waals surface area contributed by atoms with Crippen molar-refractivity contribution in [1.29, 1.82) is 0 Å². The molecule has 0 saturated heterocycles. The van der Waals surface area contributed by atoms with E-state index in [9.17, 15) is 0 Å². The molecular weight excluding hydrogens is 360 g/mol. The summed E-state index contributed by atoms with van der Waals surface area (Å²) in [5.41, 5.74) is 10.8. The van der Waals surface area contributed by atoms with Crippen LogP contribution in [0.5, 0.6) is 0 Å². The quantitative estimate of drug-likeness (QED) is 0.285. The average Bonchev–Trinajstić information content (AvgIpc) is 2.77. The van der Waals surface area contributed by atoms with Crippen LogP contribution in [0.4, 0.5) is 0 Å². The van der Waals surface area contributed by atoms with Crippen LogP contribution in [0.25, 0.3) is 43.8 Å². The maximum atomic E-state index is 2.33. The van der Waals surface area contributed by atoms with Gasteiger partial charge >= 0.3 is 0 Å². The predicted molar refractivity (Wildman–Crippen MR) is 131 cm³/mol. The van der Waals surface area contributed by atoms with Crippen LogP contribution in [-0.2, 0) is 0 Å². The summed E-state index contributed by atoms with van der Waals surface area (Å²) < 4.78 is 0. The van der Waals surface area contributed by atoms with Crippen molar-refractivity contribution in [3.05, 3.63) is 107 Å². The van der Waals surface area contributed by atoms with Gasteiger partial charge in [-0.05, 0) is 99.8 Å². The average molecular weight is 387 g/mol. The van der Waals surface area contributed by atoms with E-state index in [0.29, 0.717) is 0 Å². The molecule has 0 aliphatic rings. The second-order valence-electron chi connectivity index (χ2n) is 8.35. The van der Waals surface area contributed by atoms with Crippen LogP contribution < -0.4 is 0 Å². The van der Waals surface area contributed by atoms with E-state index < -0.39 is 0 Å². The van der Waals surface area contributed by atoms with Crippen molar-refractivity contribution in [1.82, 2.24) is 0 Å². The third-order valence-electron chi connectivity index (χ3n) is 6.69. The molecule has 30 heavy (non-hydrogen) atoms. The molecule has 5 rings (SSSR count). The molecule has 5 aromatic rings. The standard InChI is InChI=1S/C30H26/c1-19-10-9-15-26(20(19)2)30-22(4)21(3)29(27-13-7-8-14-28(27)30)25-17-16-23-11-5-6-12-24(23)18-25/h5-18H,1-4H3. The minimum absolute atomic E-state index is 1.28. The van der Waals surface area contributed by atoms with Crippen LogP contribution in [0.1, 0.15) is 22.3 Å². The first kappa shape index (κ1) is 18.6. The molecule has 0 fully saturated rings. The second-order valence-corrected chi connectivity index (χ2v) is 8.35. The molecule has 0 nitrogen and oxygen atoms in total. The van der Waals surface area contributed by atoms with Gasteiger partial charge in [0.15, 0.2) is 0 Å². The van der Waals surface area contributed by atoms with E-state index in [1.165, 1.54) is 66.1 Å². The largest absolute Gasteiger partial charge is 0.0616 e. The Morgan fingerprint density at radius 1 is 0.467 bits per heavy atom. The SMILES string of the molecule is Cc1cccc(-c2c(C)c(C)c(-c3ccc4ccccc4c3)c3ccccc23)c1C. The van der Waals surface area contributed by atoms with Gasteiger partial charge in [0.25, 0.3) is 0 Å². The van der Waals surface area contributed by atoms with Crippen LogP contribution in [-0.4, -0.2) is 0 Å². The lowest BCUT2D eigenvalue weighted by molar-refractivity contribution is 1.31. The fourth-order valence-electron chi connectivity index (χ4n) is 4.78. The number of hydrogen-bond donors (Lipinski definition) is 0. The molecule has 0 radical (unpaired) electrons. The third-order valence-corrected chi connectivity index (χ3v) is 6.69. The van der Waals surface area contributed by atoms with Gasteiger partial charge in [-0.15, -0.1) is 0 Å². The normalized spacial score (nSPS) is 11.3. The van der Waals surface area contributed by atoms with Crippen LogP contribution >= 0.6 is 0 Å². The summed E-state index contributed by atoms with van der Waals surface area (Å²) in [7, 11) is 0. The summed E-state index contributed by atoms with van der Waals surface area (Å²) in [6, 6.07) is 31.0. The zero-order valence-electron chi connectivity index (χ0n) is 18.1. The highest BCUT2D eigenvalue weighted by molar-refractivity contribution is 6.08. The summed E-state index contributed by atoms with van der Waals surface area (Å²) in [5.74, 6) is 0. The number of benzene rings is 5. The van der Waals surface area contributed by atoms with Gasteiger partial charge in [0.1, 0.15) is 0 Å². The van der Waals surface area contributed by atoms with Crippen molar-refractivity contribution in [2.75, 3.05) is 0 Å². The van der Waals surface area contributed by atoms with Gasteiger partial charge in [-0.3, -0.25) is 0 Å². The van der Waals surface area contributed by atoms with E-state index in [1.807, 2.05) is 0 Å². The fraction of sp³-hybridized carbons (Fsp3) is 0.133. The summed E-state index contributed by atoms with van der Waals surface area (Å²) in [5, 5.41) is 5.23. The summed E-state index contributed by atoms with van der Waals surface area (Å²) in [6.45, 7) is 9.00. The third kappa shape index (κ3) is 2.83. The molecular formula is C30H26. The van der Waals surface area contributed by atoms with Gasteiger partial charge in [0.05, 0.1) is 0 Å². The topological polar surface area (TPSA) is 0 Å². The lowest BCUT2D eigenvalue weighted by atomic mass is 9.83. The molecule has 0 bridgehead atoms. The van der Waals surface area contributed by atoms with Gasteiger partial charge in [-0.1, -0.05) is 78.9 Å². The van der Waals surface area contributed by atoms with E-state index in [2.05, 4.69) is 113 Å². The fourth-order valence-corrected chi connectivity index (χ4v) is 4.78. The van der Waals surface area contributed by atoms with Gasteiger partial charge in [-0.2, -0.15) is 0 Å². The molecule has 0 amide bonds. The molecule has 0 spiro atoms. The first-order valence-electron chi connectivity index (χ1n) is 10.6. The van der Waals surface area contributed by atoms with Crippen LogP contribution in [0.15, 0.2) is 84.9 Å². The first-order chi connectivity index (χ1) is 14.6. The Bertz CT molecular complexity index is 1420. The van der Waals surface area contributed by atoms with Crippen LogP contribution in [0.2, 0.25) is 0 Å².